The molecule has 0 fully saturated rings. The van der Waals surface area contributed by atoms with E-state index in [2.05, 4.69) is 0 Å². The highest BCUT2D eigenvalue weighted by molar-refractivity contribution is 6.30. The van der Waals surface area contributed by atoms with Crippen molar-refractivity contribution in [3.05, 3.63) is 58.6 Å². The van der Waals surface area contributed by atoms with Crippen molar-refractivity contribution in [2.24, 2.45) is 5.73 Å². The third-order valence-corrected chi connectivity index (χ3v) is 3.56. The molecule has 0 aliphatic rings. The molecule has 5 nitrogen and oxygen atoms in total. The van der Waals surface area contributed by atoms with Gasteiger partial charge in [0.1, 0.15) is 12.6 Å². The van der Waals surface area contributed by atoms with Crippen LogP contribution in [0.3, 0.4) is 0 Å². The molecule has 0 amide bonds. The summed E-state index contributed by atoms with van der Waals surface area (Å²) >= 11 is 5.84. The summed E-state index contributed by atoms with van der Waals surface area (Å²) in [6.45, 7) is 0.377. The molecule has 0 saturated heterocycles. The Morgan fingerprint density at radius 1 is 1.17 bits per heavy atom. The summed E-state index contributed by atoms with van der Waals surface area (Å²) in [6.07, 6.45) is 0.225. The van der Waals surface area contributed by atoms with E-state index in [4.69, 9.17) is 31.9 Å². The van der Waals surface area contributed by atoms with Gasteiger partial charge >= 0.3 is 5.97 Å². The first-order valence-corrected chi connectivity index (χ1v) is 7.40. The van der Waals surface area contributed by atoms with Gasteiger partial charge in [0.2, 0.25) is 0 Å². The van der Waals surface area contributed by atoms with E-state index < -0.39 is 12.0 Å². The van der Waals surface area contributed by atoms with Gasteiger partial charge in [0.25, 0.3) is 0 Å². The van der Waals surface area contributed by atoms with E-state index in [1.54, 1.807) is 30.3 Å². The van der Waals surface area contributed by atoms with Crippen LogP contribution in [0.1, 0.15) is 11.1 Å². The zero-order valence-corrected chi connectivity index (χ0v) is 13.4. The Morgan fingerprint density at radius 3 is 2.43 bits per heavy atom. The van der Waals surface area contributed by atoms with Gasteiger partial charge in [-0.05, 0) is 41.8 Å². The number of carboxylic acid groups (broad SMARTS) is 1. The molecule has 6 heteroatoms. The quantitative estimate of drug-likeness (QED) is 0.813. The van der Waals surface area contributed by atoms with Crippen molar-refractivity contribution in [2.75, 3.05) is 7.11 Å². The highest BCUT2D eigenvalue weighted by atomic mass is 35.5. The molecular formula is C17H18ClNO4. The summed E-state index contributed by atoms with van der Waals surface area (Å²) in [4.78, 5) is 10.8. The first-order chi connectivity index (χ1) is 11.0. The minimum atomic E-state index is -1.04. The van der Waals surface area contributed by atoms with Gasteiger partial charge in [-0.15, -0.1) is 0 Å². The van der Waals surface area contributed by atoms with Gasteiger partial charge in [-0.3, -0.25) is 4.79 Å². The molecule has 0 aromatic heterocycles. The third kappa shape index (κ3) is 4.87. The fraction of sp³-hybridized carbons (Fsp3) is 0.235. The molecule has 0 heterocycles. The van der Waals surface area contributed by atoms with Crippen molar-refractivity contribution in [2.45, 2.75) is 19.1 Å². The molecule has 2 aromatic carbocycles. The first kappa shape index (κ1) is 17.1. The molecule has 1 unspecified atom stereocenters. The molecular weight excluding hydrogens is 318 g/mol. The minimum absolute atomic E-state index is 0.225. The van der Waals surface area contributed by atoms with Gasteiger partial charge in [0.15, 0.2) is 11.5 Å². The average Bonchev–Trinajstić information content (AvgIpc) is 2.54. The number of hydrogen-bond acceptors (Lipinski definition) is 4. The molecule has 0 saturated carbocycles. The third-order valence-electron chi connectivity index (χ3n) is 3.31. The Balaban J connectivity index is 2.07. The van der Waals surface area contributed by atoms with Crippen LogP contribution in [0.5, 0.6) is 11.5 Å². The van der Waals surface area contributed by atoms with Crippen LogP contribution in [0.25, 0.3) is 0 Å². The summed E-state index contributed by atoms with van der Waals surface area (Å²) in [5.41, 5.74) is 7.30. The van der Waals surface area contributed by atoms with E-state index in [9.17, 15) is 4.79 Å². The molecule has 3 N–H and O–H groups in total. The number of benzene rings is 2. The second-order valence-corrected chi connectivity index (χ2v) is 5.49. The summed E-state index contributed by atoms with van der Waals surface area (Å²) in [7, 11) is 1.53. The van der Waals surface area contributed by atoms with Crippen molar-refractivity contribution in [3.8, 4) is 11.5 Å². The van der Waals surface area contributed by atoms with E-state index in [0.717, 1.165) is 11.1 Å². The molecule has 122 valence electrons. The Bertz CT molecular complexity index is 673. The first-order valence-electron chi connectivity index (χ1n) is 7.02. The number of carbonyl (C=O) groups is 1. The van der Waals surface area contributed by atoms with Gasteiger partial charge in [0.05, 0.1) is 7.11 Å². The summed E-state index contributed by atoms with van der Waals surface area (Å²) in [5, 5.41) is 9.54. The SMILES string of the molecule is COc1cc(CC(N)C(=O)O)ccc1OCc1ccc(Cl)cc1. The molecule has 1 atom stereocenters. The number of hydrogen-bond donors (Lipinski definition) is 2. The van der Waals surface area contributed by atoms with E-state index in [1.807, 2.05) is 12.1 Å². The molecule has 2 aromatic rings. The van der Waals surface area contributed by atoms with Crippen molar-refractivity contribution in [3.63, 3.8) is 0 Å². The minimum Gasteiger partial charge on any atom is -0.493 e. The van der Waals surface area contributed by atoms with Crippen LogP contribution in [0, 0.1) is 0 Å². The van der Waals surface area contributed by atoms with Crippen molar-refractivity contribution in [1.82, 2.24) is 0 Å². The van der Waals surface area contributed by atoms with E-state index in [0.29, 0.717) is 23.1 Å². The maximum absolute atomic E-state index is 10.8. The molecule has 0 aliphatic heterocycles. The van der Waals surface area contributed by atoms with E-state index >= 15 is 0 Å². The molecule has 0 spiro atoms. The van der Waals surface area contributed by atoms with Gasteiger partial charge < -0.3 is 20.3 Å². The number of halogens is 1. The predicted octanol–water partition coefficient (Wildman–Crippen LogP) is 2.88. The van der Waals surface area contributed by atoms with Crippen LogP contribution in [-0.2, 0) is 17.8 Å². The lowest BCUT2D eigenvalue weighted by atomic mass is 10.1. The lowest BCUT2D eigenvalue weighted by Gasteiger charge is -2.13. The highest BCUT2D eigenvalue weighted by Crippen LogP contribution is 2.29. The Labute approximate surface area is 139 Å². The van der Waals surface area contributed by atoms with Gasteiger partial charge in [-0.2, -0.15) is 0 Å². The lowest BCUT2D eigenvalue weighted by molar-refractivity contribution is -0.138. The Hall–Kier alpha value is -2.24. The predicted molar refractivity (Wildman–Crippen MR) is 88.1 cm³/mol. The maximum Gasteiger partial charge on any atom is 0.320 e. The van der Waals surface area contributed by atoms with E-state index in [-0.39, 0.29) is 6.42 Å². The molecule has 0 aliphatic carbocycles. The fourth-order valence-electron chi connectivity index (χ4n) is 2.04. The number of aliphatic carboxylic acids is 1. The number of ether oxygens (including phenoxy) is 2. The average molecular weight is 336 g/mol. The fourth-order valence-corrected chi connectivity index (χ4v) is 2.17. The zero-order valence-electron chi connectivity index (χ0n) is 12.7. The molecule has 2 rings (SSSR count). The van der Waals surface area contributed by atoms with Gasteiger partial charge in [0, 0.05) is 5.02 Å². The van der Waals surface area contributed by atoms with Crippen LogP contribution in [0.2, 0.25) is 5.02 Å². The van der Waals surface area contributed by atoms with Crippen LogP contribution >= 0.6 is 11.6 Å². The molecule has 0 radical (unpaired) electrons. The van der Waals surface area contributed by atoms with Crippen molar-refractivity contribution in [1.29, 1.82) is 0 Å². The Kier molecular flexibility index (Phi) is 5.84. The van der Waals surface area contributed by atoms with Gasteiger partial charge in [-0.1, -0.05) is 29.8 Å². The zero-order chi connectivity index (χ0) is 16.8. The highest BCUT2D eigenvalue weighted by Gasteiger charge is 2.14. The topological polar surface area (TPSA) is 81.8 Å². The summed E-state index contributed by atoms with van der Waals surface area (Å²) in [5.74, 6) is 0.0798. The van der Waals surface area contributed by atoms with Crippen molar-refractivity contribution >= 4 is 17.6 Å². The standard InChI is InChI=1S/C17H18ClNO4/c1-22-16-9-12(8-14(19)17(20)21)4-7-15(16)23-10-11-2-5-13(18)6-3-11/h2-7,9,14H,8,10,19H2,1H3,(H,20,21). The number of methoxy groups -OCH3 is 1. The number of rotatable bonds is 7. The second-order valence-electron chi connectivity index (χ2n) is 5.05. The van der Waals surface area contributed by atoms with Crippen molar-refractivity contribution < 1.29 is 19.4 Å². The largest absolute Gasteiger partial charge is 0.493 e. The lowest BCUT2D eigenvalue weighted by Crippen LogP contribution is -2.32. The van der Waals surface area contributed by atoms with Crippen LogP contribution in [0.4, 0.5) is 0 Å². The summed E-state index contributed by atoms with van der Waals surface area (Å²) in [6, 6.07) is 11.7. The van der Waals surface area contributed by atoms with E-state index in [1.165, 1.54) is 7.11 Å². The molecule has 23 heavy (non-hydrogen) atoms. The van der Waals surface area contributed by atoms with Crippen LogP contribution < -0.4 is 15.2 Å². The maximum atomic E-state index is 10.8. The molecule has 0 bridgehead atoms. The smallest absolute Gasteiger partial charge is 0.320 e. The number of nitrogens with two attached hydrogens (primary N) is 1. The van der Waals surface area contributed by atoms with Crippen LogP contribution in [-0.4, -0.2) is 24.2 Å². The number of carboxylic acids is 1. The monoisotopic (exact) mass is 335 g/mol. The van der Waals surface area contributed by atoms with Gasteiger partial charge in [-0.25, -0.2) is 0 Å². The second kappa shape index (κ2) is 7.85. The Morgan fingerprint density at radius 2 is 1.83 bits per heavy atom. The normalized spacial score (nSPS) is 11.8. The van der Waals surface area contributed by atoms with Crippen LogP contribution in [0.15, 0.2) is 42.5 Å². The summed E-state index contributed by atoms with van der Waals surface area (Å²) < 4.78 is 11.0.